The summed E-state index contributed by atoms with van der Waals surface area (Å²) in [7, 11) is 1.62. The monoisotopic (exact) mass is 366 g/mol. The Labute approximate surface area is 157 Å². The molecule has 1 N–H and O–H groups in total. The Morgan fingerprint density at radius 3 is 2.56 bits per heavy atom. The number of benzene rings is 1. The molecule has 0 fully saturated rings. The molecule has 0 aliphatic heterocycles. The number of carbonyl (C=O) groups is 2. The predicted molar refractivity (Wildman–Crippen MR) is 101 cm³/mol. The minimum Gasteiger partial charge on any atom is -0.467 e. The largest absolute Gasteiger partial charge is 0.467 e. The van der Waals surface area contributed by atoms with Gasteiger partial charge in [0.15, 0.2) is 0 Å². The second kappa shape index (κ2) is 8.89. The van der Waals surface area contributed by atoms with E-state index in [2.05, 4.69) is 5.32 Å². The highest BCUT2D eigenvalue weighted by Crippen LogP contribution is 2.22. The molecule has 1 aromatic carbocycles. The number of hydrogen-bond acceptors (Lipinski definition) is 4. The summed E-state index contributed by atoms with van der Waals surface area (Å²) in [4.78, 5) is 25.6. The molecule has 27 heavy (non-hydrogen) atoms. The number of amides is 2. The van der Waals surface area contributed by atoms with Crippen LogP contribution >= 0.6 is 0 Å². The second-order valence-corrected chi connectivity index (χ2v) is 6.24. The SMILES string of the molecule is CN(CC(=O)NCc1ccco1)C(=O)CCc1ccc(-c2ccccc2)o1. The zero-order valence-electron chi connectivity index (χ0n) is 15.2. The van der Waals surface area contributed by atoms with Crippen LogP contribution in [0.2, 0.25) is 0 Å². The van der Waals surface area contributed by atoms with Gasteiger partial charge in [-0.3, -0.25) is 9.59 Å². The average Bonchev–Trinajstić information content (AvgIpc) is 3.37. The molecule has 3 rings (SSSR count). The summed E-state index contributed by atoms with van der Waals surface area (Å²) < 4.78 is 11.0. The Kier molecular flexibility index (Phi) is 6.10. The molecule has 0 spiro atoms. The Balaban J connectivity index is 1.43. The number of aryl methyl sites for hydroxylation is 1. The number of furan rings is 2. The van der Waals surface area contributed by atoms with Crippen LogP contribution in [0, 0.1) is 0 Å². The first-order valence-electron chi connectivity index (χ1n) is 8.79. The van der Waals surface area contributed by atoms with E-state index in [0.29, 0.717) is 18.7 Å². The Morgan fingerprint density at radius 1 is 1.00 bits per heavy atom. The fraction of sp³-hybridized carbons (Fsp3) is 0.238. The molecule has 0 radical (unpaired) electrons. The summed E-state index contributed by atoms with van der Waals surface area (Å²) in [6, 6.07) is 17.1. The van der Waals surface area contributed by atoms with Gasteiger partial charge in [-0.15, -0.1) is 0 Å². The Bertz CT molecular complexity index is 869. The molecule has 0 bridgehead atoms. The molecule has 2 amide bonds. The van der Waals surface area contributed by atoms with E-state index < -0.39 is 0 Å². The van der Waals surface area contributed by atoms with Gasteiger partial charge < -0.3 is 19.1 Å². The summed E-state index contributed by atoms with van der Waals surface area (Å²) in [6.45, 7) is 0.315. The fourth-order valence-corrected chi connectivity index (χ4v) is 2.65. The highest BCUT2D eigenvalue weighted by molar-refractivity contribution is 5.84. The van der Waals surface area contributed by atoms with Gasteiger partial charge in [-0.1, -0.05) is 30.3 Å². The van der Waals surface area contributed by atoms with Gasteiger partial charge in [0.25, 0.3) is 0 Å². The van der Waals surface area contributed by atoms with Crippen molar-refractivity contribution in [3.8, 4) is 11.3 Å². The lowest BCUT2D eigenvalue weighted by molar-refractivity contribution is -0.134. The van der Waals surface area contributed by atoms with Crippen molar-refractivity contribution in [2.45, 2.75) is 19.4 Å². The lowest BCUT2D eigenvalue weighted by Gasteiger charge is -2.16. The van der Waals surface area contributed by atoms with Crippen LogP contribution in [0.25, 0.3) is 11.3 Å². The van der Waals surface area contributed by atoms with Gasteiger partial charge in [0.05, 0.1) is 19.4 Å². The number of carbonyl (C=O) groups excluding carboxylic acids is 2. The number of likely N-dealkylation sites (N-methyl/N-ethyl adjacent to an activating group) is 1. The predicted octanol–water partition coefficient (Wildman–Crippen LogP) is 3.25. The van der Waals surface area contributed by atoms with Crippen molar-refractivity contribution in [1.82, 2.24) is 10.2 Å². The minimum absolute atomic E-state index is 0.00691. The lowest BCUT2D eigenvalue weighted by Crippen LogP contribution is -2.38. The molecular weight excluding hydrogens is 344 g/mol. The molecule has 140 valence electrons. The first kappa shape index (κ1) is 18.5. The standard InChI is InChI=1S/C21H22N2O4/c1-23(15-20(24)22-14-18-8-5-13-26-18)21(25)12-10-17-9-11-19(27-17)16-6-3-2-4-7-16/h2-9,11,13H,10,12,14-15H2,1H3,(H,22,24). The first-order valence-corrected chi connectivity index (χ1v) is 8.79. The average molecular weight is 366 g/mol. The topological polar surface area (TPSA) is 75.7 Å². The van der Waals surface area contributed by atoms with E-state index in [1.54, 1.807) is 25.4 Å². The van der Waals surface area contributed by atoms with Crippen molar-refractivity contribution in [2.75, 3.05) is 13.6 Å². The van der Waals surface area contributed by atoms with Crippen LogP contribution in [0.4, 0.5) is 0 Å². The van der Waals surface area contributed by atoms with Crippen LogP contribution in [-0.2, 0) is 22.6 Å². The zero-order chi connectivity index (χ0) is 19.1. The zero-order valence-corrected chi connectivity index (χ0v) is 15.2. The summed E-state index contributed by atoms with van der Waals surface area (Å²) in [5.41, 5.74) is 1.00. The van der Waals surface area contributed by atoms with E-state index in [0.717, 1.165) is 17.1 Å². The third kappa shape index (κ3) is 5.34. The van der Waals surface area contributed by atoms with Gasteiger partial charge in [-0.2, -0.15) is 0 Å². The lowest BCUT2D eigenvalue weighted by atomic mass is 10.2. The molecule has 0 saturated heterocycles. The molecule has 0 saturated carbocycles. The number of nitrogens with zero attached hydrogens (tertiary/aromatic N) is 1. The Morgan fingerprint density at radius 2 is 1.81 bits per heavy atom. The van der Waals surface area contributed by atoms with E-state index in [1.165, 1.54) is 4.90 Å². The molecule has 0 atom stereocenters. The third-order valence-corrected chi connectivity index (χ3v) is 4.15. The van der Waals surface area contributed by atoms with Crippen LogP contribution in [0.5, 0.6) is 0 Å². The van der Waals surface area contributed by atoms with E-state index in [1.807, 2.05) is 42.5 Å². The van der Waals surface area contributed by atoms with Crippen molar-refractivity contribution in [3.05, 3.63) is 72.4 Å². The van der Waals surface area contributed by atoms with Crippen LogP contribution in [0.15, 0.2) is 69.7 Å². The fourth-order valence-electron chi connectivity index (χ4n) is 2.65. The molecule has 0 aliphatic rings. The van der Waals surface area contributed by atoms with E-state index in [-0.39, 0.29) is 24.8 Å². The van der Waals surface area contributed by atoms with Gasteiger partial charge in [-0.25, -0.2) is 0 Å². The maximum absolute atomic E-state index is 12.2. The number of hydrogen-bond donors (Lipinski definition) is 1. The van der Waals surface area contributed by atoms with Crippen molar-refractivity contribution >= 4 is 11.8 Å². The van der Waals surface area contributed by atoms with Crippen LogP contribution in [-0.4, -0.2) is 30.3 Å². The molecule has 0 aliphatic carbocycles. The van der Waals surface area contributed by atoms with Crippen molar-refractivity contribution < 1.29 is 18.4 Å². The molecule has 6 nitrogen and oxygen atoms in total. The van der Waals surface area contributed by atoms with Gasteiger partial charge in [-0.05, 0) is 24.3 Å². The van der Waals surface area contributed by atoms with Gasteiger partial charge in [0.1, 0.15) is 17.3 Å². The molecule has 2 aromatic heterocycles. The molecule has 0 unspecified atom stereocenters. The van der Waals surface area contributed by atoms with E-state index in [4.69, 9.17) is 8.83 Å². The number of nitrogens with one attached hydrogen (secondary N) is 1. The normalized spacial score (nSPS) is 10.6. The molecule has 3 aromatic rings. The van der Waals surface area contributed by atoms with Crippen LogP contribution in [0.1, 0.15) is 17.9 Å². The van der Waals surface area contributed by atoms with Crippen LogP contribution in [0.3, 0.4) is 0 Å². The van der Waals surface area contributed by atoms with Crippen LogP contribution < -0.4 is 5.32 Å². The smallest absolute Gasteiger partial charge is 0.239 e. The van der Waals surface area contributed by atoms with E-state index in [9.17, 15) is 9.59 Å². The maximum Gasteiger partial charge on any atom is 0.239 e. The molecule has 2 heterocycles. The summed E-state index contributed by atoms with van der Waals surface area (Å²) in [6.07, 6.45) is 2.32. The third-order valence-electron chi connectivity index (χ3n) is 4.15. The first-order chi connectivity index (χ1) is 13.1. The Hall–Kier alpha value is -3.28. The highest BCUT2D eigenvalue weighted by atomic mass is 16.3. The summed E-state index contributed by atoms with van der Waals surface area (Å²) in [5.74, 6) is 1.86. The molecule has 6 heteroatoms. The van der Waals surface area contributed by atoms with Gasteiger partial charge in [0, 0.05) is 25.5 Å². The quantitative estimate of drug-likeness (QED) is 0.664. The van der Waals surface area contributed by atoms with Crippen molar-refractivity contribution in [3.63, 3.8) is 0 Å². The highest BCUT2D eigenvalue weighted by Gasteiger charge is 2.14. The minimum atomic E-state index is -0.230. The second-order valence-electron chi connectivity index (χ2n) is 6.24. The van der Waals surface area contributed by atoms with Gasteiger partial charge in [0.2, 0.25) is 11.8 Å². The summed E-state index contributed by atoms with van der Waals surface area (Å²) in [5, 5.41) is 2.72. The maximum atomic E-state index is 12.2. The van der Waals surface area contributed by atoms with Gasteiger partial charge >= 0.3 is 0 Å². The number of rotatable bonds is 8. The van der Waals surface area contributed by atoms with Crippen molar-refractivity contribution in [1.29, 1.82) is 0 Å². The van der Waals surface area contributed by atoms with E-state index >= 15 is 0 Å². The van der Waals surface area contributed by atoms with Crippen molar-refractivity contribution in [2.24, 2.45) is 0 Å². The summed E-state index contributed by atoms with van der Waals surface area (Å²) >= 11 is 0. The molecular formula is C21H22N2O4.